The second kappa shape index (κ2) is 14.4. The maximum Gasteiger partial charge on any atom is 0.330 e. The summed E-state index contributed by atoms with van der Waals surface area (Å²) in [6.07, 6.45) is 2.69. The Labute approximate surface area is 113 Å². The number of aliphatic hydroxyl groups excluding tert-OH is 2. The smallest absolute Gasteiger partial charge is 0.330 e. The van der Waals surface area contributed by atoms with E-state index in [4.69, 9.17) is 10.2 Å². The molecule has 2 N–H and O–H groups in total. The van der Waals surface area contributed by atoms with E-state index in [0.29, 0.717) is 12.8 Å². The van der Waals surface area contributed by atoms with Crippen LogP contribution in [-0.4, -0.2) is 48.1 Å². The Morgan fingerprint density at radius 1 is 1.21 bits per heavy atom. The van der Waals surface area contributed by atoms with Gasteiger partial charge >= 0.3 is 11.9 Å². The topological polar surface area (TPSA) is 93.1 Å². The highest BCUT2D eigenvalue weighted by Gasteiger charge is 2.02. The second-order valence-electron chi connectivity index (χ2n) is 3.35. The van der Waals surface area contributed by atoms with Gasteiger partial charge in [-0.05, 0) is 6.42 Å². The Morgan fingerprint density at radius 2 is 1.74 bits per heavy atom. The third-order valence-electron chi connectivity index (χ3n) is 1.77. The van der Waals surface area contributed by atoms with Gasteiger partial charge in [0.25, 0.3) is 0 Å². The van der Waals surface area contributed by atoms with Crippen LogP contribution in [0.2, 0.25) is 0 Å². The highest BCUT2D eigenvalue weighted by Crippen LogP contribution is 1.90. The van der Waals surface area contributed by atoms with E-state index < -0.39 is 18.0 Å². The van der Waals surface area contributed by atoms with Crippen molar-refractivity contribution in [3.8, 4) is 0 Å². The monoisotopic (exact) mass is 274 g/mol. The van der Waals surface area contributed by atoms with Crippen LogP contribution in [0.3, 0.4) is 0 Å². The number of carbonyl (C=O) groups is 2. The third-order valence-corrected chi connectivity index (χ3v) is 1.77. The van der Waals surface area contributed by atoms with Gasteiger partial charge in [0.15, 0.2) is 0 Å². The van der Waals surface area contributed by atoms with Gasteiger partial charge in [0.1, 0.15) is 6.61 Å². The number of esters is 2. The summed E-state index contributed by atoms with van der Waals surface area (Å²) < 4.78 is 9.05. The third kappa shape index (κ3) is 16.3. The predicted octanol–water partition coefficient (Wildman–Crippen LogP) is 0.584. The maximum absolute atomic E-state index is 10.4. The molecule has 0 radical (unpaired) electrons. The first-order valence-electron chi connectivity index (χ1n) is 5.89. The van der Waals surface area contributed by atoms with Crippen molar-refractivity contribution >= 4 is 11.9 Å². The fraction of sp³-hybridized carbons (Fsp3) is 0.538. The molecule has 0 spiro atoms. The molecular weight excluding hydrogens is 252 g/mol. The van der Waals surface area contributed by atoms with E-state index in [1.54, 1.807) is 0 Å². The summed E-state index contributed by atoms with van der Waals surface area (Å²) in [6, 6.07) is 0. The number of hydrogen-bond donors (Lipinski definition) is 2. The SMILES string of the molecule is C=CC(=O)OCC(O)CC.C=CC(=O)OCCCO. The van der Waals surface area contributed by atoms with Gasteiger partial charge in [-0.1, -0.05) is 20.1 Å². The van der Waals surface area contributed by atoms with Crippen molar-refractivity contribution in [3.05, 3.63) is 25.3 Å². The van der Waals surface area contributed by atoms with E-state index in [9.17, 15) is 9.59 Å². The first kappa shape index (κ1) is 19.7. The largest absolute Gasteiger partial charge is 0.462 e. The van der Waals surface area contributed by atoms with Crippen LogP contribution in [0.25, 0.3) is 0 Å². The average molecular weight is 274 g/mol. The quantitative estimate of drug-likeness (QED) is 0.382. The van der Waals surface area contributed by atoms with E-state index >= 15 is 0 Å². The highest BCUT2D eigenvalue weighted by molar-refractivity contribution is 5.81. The normalized spacial score (nSPS) is 10.5. The molecular formula is C13H22O6. The Hall–Kier alpha value is -1.66. The first-order chi connectivity index (χ1) is 9.01. The van der Waals surface area contributed by atoms with E-state index in [1.165, 1.54) is 0 Å². The minimum atomic E-state index is -0.552. The number of aliphatic hydroxyl groups is 2. The fourth-order valence-electron chi connectivity index (χ4n) is 0.651. The zero-order valence-electron chi connectivity index (χ0n) is 11.2. The Bertz CT molecular complexity index is 274. The number of hydrogen-bond acceptors (Lipinski definition) is 6. The van der Waals surface area contributed by atoms with Gasteiger partial charge in [-0.2, -0.15) is 0 Å². The lowest BCUT2D eigenvalue weighted by Crippen LogP contribution is -2.16. The summed E-state index contributed by atoms with van der Waals surface area (Å²) in [6.45, 7) is 8.59. The van der Waals surface area contributed by atoms with Crippen molar-refractivity contribution in [2.75, 3.05) is 19.8 Å². The van der Waals surface area contributed by atoms with Crippen LogP contribution in [0.15, 0.2) is 25.3 Å². The molecule has 1 unspecified atom stereocenters. The number of carbonyl (C=O) groups excluding carboxylic acids is 2. The highest BCUT2D eigenvalue weighted by atomic mass is 16.5. The van der Waals surface area contributed by atoms with Gasteiger partial charge < -0.3 is 19.7 Å². The minimum absolute atomic E-state index is 0.0461. The molecule has 0 aromatic heterocycles. The molecule has 19 heavy (non-hydrogen) atoms. The van der Waals surface area contributed by atoms with Crippen LogP contribution in [-0.2, 0) is 19.1 Å². The Kier molecular flexibility index (Phi) is 14.9. The molecule has 0 aliphatic rings. The summed E-state index contributed by atoms with van der Waals surface area (Å²) >= 11 is 0. The molecule has 6 nitrogen and oxygen atoms in total. The van der Waals surface area contributed by atoms with Gasteiger partial charge in [-0.15, -0.1) is 0 Å². The zero-order chi connectivity index (χ0) is 15.1. The van der Waals surface area contributed by atoms with E-state index in [-0.39, 0.29) is 19.8 Å². The van der Waals surface area contributed by atoms with E-state index in [1.807, 2.05) is 6.92 Å². The van der Waals surface area contributed by atoms with Crippen LogP contribution in [0.4, 0.5) is 0 Å². The molecule has 1 atom stereocenters. The van der Waals surface area contributed by atoms with Crippen molar-refractivity contribution in [1.29, 1.82) is 0 Å². The molecule has 0 aliphatic carbocycles. The molecule has 0 saturated carbocycles. The molecule has 0 aromatic rings. The summed E-state index contributed by atoms with van der Waals surface area (Å²) in [5.41, 5.74) is 0. The van der Waals surface area contributed by atoms with Crippen molar-refractivity contribution in [2.24, 2.45) is 0 Å². The van der Waals surface area contributed by atoms with Crippen molar-refractivity contribution in [3.63, 3.8) is 0 Å². The van der Waals surface area contributed by atoms with Crippen LogP contribution in [0.1, 0.15) is 19.8 Å². The first-order valence-corrected chi connectivity index (χ1v) is 5.89. The second-order valence-corrected chi connectivity index (χ2v) is 3.35. The molecule has 0 bridgehead atoms. The Balaban J connectivity index is 0. The Morgan fingerprint density at radius 3 is 2.16 bits per heavy atom. The molecule has 0 fully saturated rings. The summed E-state index contributed by atoms with van der Waals surface area (Å²) in [5.74, 6) is -0.934. The summed E-state index contributed by atoms with van der Waals surface area (Å²) in [5, 5.41) is 17.1. The van der Waals surface area contributed by atoms with Crippen LogP contribution in [0, 0.1) is 0 Å². The standard InChI is InChI=1S/C7H12O3.C6H10O3/c1-3-6(8)5-10-7(9)4-2;1-2-6(8)9-5-3-4-7/h4,6,8H,2-3,5H2,1H3;2,7H,1,3-5H2. The molecule has 0 heterocycles. The minimum Gasteiger partial charge on any atom is -0.462 e. The number of ether oxygens (including phenoxy) is 2. The van der Waals surface area contributed by atoms with Gasteiger partial charge in [0.2, 0.25) is 0 Å². The van der Waals surface area contributed by atoms with Crippen LogP contribution < -0.4 is 0 Å². The molecule has 0 aromatic carbocycles. The number of rotatable bonds is 8. The van der Waals surface area contributed by atoms with E-state index in [2.05, 4.69) is 22.6 Å². The fourth-order valence-corrected chi connectivity index (χ4v) is 0.651. The summed E-state index contributed by atoms with van der Waals surface area (Å²) in [7, 11) is 0. The zero-order valence-corrected chi connectivity index (χ0v) is 11.2. The molecule has 0 rings (SSSR count). The van der Waals surface area contributed by atoms with Crippen molar-refractivity contribution in [2.45, 2.75) is 25.9 Å². The van der Waals surface area contributed by atoms with Gasteiger partial charge in [-0.25, -0.2) is 9.59 Å². The molecule has 6 heteroatoms. The molecule has 0 amide bonds. The lowest BCUT2D eigenvalue weighted by molar-refractivity contribution is -0.140. The van der Waals surface area contributed by atoms with Crippen LogP contribution in [0.5, 0.6) is 0 Å². The van der Waals surface area contributed by atoms with Gasteiger partial charge in [0.05, 0.1) is 12.7 Å². The van der Waals surface area contributed by atoms with Gasteiger partial charge in [0, 0.05) is 25.2 Å². The van der Waals surface area contributed by atoms with Crippen LogP contribution >= 0.6 is 0 Å². The molecule has 110 valence electrons. The lowest BCUT2D eigenvalue weighted by atomic mass is 10.3. The predicted molar refractivity (Wildman–Crippen MR) is 70.3 cm³/mol. The van der Waals surface area contributed by atoms with E-state index in [0.717, 1.165) is 12.2 Å². The van der Waals surface area contributed by atoms with Crippen molar-refractivity contribution < 1.29 is 29.3 Å². The summed E-state index contributed by atoms with van der Waals surface area (Å²) in [4.78, 5) is 20.6. The average Bonchev–Trinajstić information content (AvgIpc) is 2.44. The molecule has 0 aliphatic heterocycles. The van der Waals surface area contributed by atoms with Crippen molar-refractivity contribution in [1.82, 2.24) is 0 Å². The maximum atomic E-state index is 10.4. The van der Waals surface area contributed by atoms with Gasteiger partial charge in [-0.3, -0.25) is 0 Å². The molecule has 0 saturated heterocycles. The lowest BCUT2D eigenvalue weighted by Gasteiger charge is -2.05.